The topological polar surface area (TPSA) is 32.3 Å². The van der Waals surface area contributed by atoms with Crippen LogP contribution in [0.1, 0.15) is 26.2 Å². The summed E-state index contributed by atoms with van der Waals surface area (Å²) in [6.45, 7) is 4.94. The first kappa shape index (κ1) is 12.2. The van der Waals surface area contributed by atoms with Gasteiger partial charge in [0.25, 0.3) is 0 Å². The maximum Gasteiger partial charge on any atom is 0.223 e. The zero-order valence-electron chi connectivity index (χ0n) is 10.1. The molecule has 0 aromatic heterocycles. The largest absolute Gasteiger partial charge is 0.337 e. The van der Waals surface area contributed by atoms with Gasteiger partial charge >= 0.3 is 0 Å². The zero-order valence-corrected chi connectivity index (χ0v) is 10.9. The second kappa shape index (κ2) is 5.92. The molecule has 2 fully saturated rings. The van der Waals surface area contributed by atoms with Crippen LogP contribution in [0.25, 0.3) is 0 Å². The Morgan fingerprint density at radius 1 is 1.44 bits per heavy atom. The van der Waals surface area contributed by atoms with Crippen LogP contribution in [0.3, 0.4) is 0 Å². The molecule has 4 heteroatoms. The number of nitrogens with one attached hydrogen (secondary N) is 1. The Labute approximate surface area is 102 Å². The van der Waals surface area contributed by atoms with Gasteiger partial charge in [-0.1, -0.05) is 0 Å². The third kappa shape index (κ3) is 3.14. The van der Waals surface area contributed by atoms with Crippen molar-refractivity contribution in [2.75, 3.05) is 31.1 Å². The molecule has 0 saturated carbocycles. The number of hydrogen-bond acceptors (Lipinski definition) is 3. The molecule has 2 aliphatic rings. The minimum absolute atomic E-state index is 0.374. The van der Waals surface area contributed by atoms with Crippen LogP contribution in [-0.2, 0) is 4.79 Å². The number of rotatable bonds is 2. The quantitative estimate of drug-likeness (QED) is 0.793. The minimum atomic E-state index is 0.374. The van der Waals surface area contributed by atoms with Crippen molar-refractivity contribution < 1.29 is 4.79 Å². The number of thioether (sulfide) groups is 1. The number of hydrogen-bond donors (Lipinski definition) is 1. The van der Waals surface area contributed by atoms with Gasteiger partial charge in [-0.25, -0.2) is 0 Å². The summed E-state index contributed by atoms with van der Waals surface area (Å²) in [5.74, 6) is 3.52. The highest BCUT2D eigenvalue weighted by Gasteiger charge is 2.25. The van der Waals surface area contributed by atoms with Gasteiger partial charge in [0.1, 0.15) is 0 Å². The van der Waals surface area contributed by atoms with E-state index in [9.17, 15) is 4.79 Å². The molecule has 2 saturated heterocycles. The molecule has 0 radical (unpaired) electrons. The molecule has 0 aromatic rings. The number of carbonyl (C=O) groups is 1. The van der Waals surface area contributed by atoms with Crippen molar-refractivity contribution in [3.63, 3.8) is 0 Å². The Bertz CT molecular complexity index is 241. The lowest BCUT2D eigenvalue weighted by Crippen LogP contribution is -2.52. The highest BCUT2D eigenvalue weighted by molar-refractivity contribution is 7.99. The van der Waals surface area contributed by atoms with E-state index >= 15 is 0 Å². The fraction of sp³-hybridized carbons (Fsp3) is 0.917. The van der Waals surface area contributed by atoms with Crippen molar-refractivity contribution in [2.45, 2.75) is 32.2 Å². The van der Waals surface area contributed by atoms with Gasteiger partial charge < -0.3 is 10.2 Å². The maximum atomic E-state index is 12.2. The Balaban J connectivity index is 1.81. The molecule has 92 valence electrons. The Morgan fingerprint density at radius 2 is 2.19 bits per heavy atom. The van der Waals surface area contributed by atoms with Gasteiger partial charge in [0, 0.05) is 32.1 Å². The molecule has 2 rings (SSSR count). The van der Waals surface area contributed by atoms with E-state index in [2.05, 4.69) is 17.1 Å². The van der Waals surface area contributed by atoms with E-state index in [1.54, 1.807) is 0 Å². The molecule has 0 aliphatic carbocycles. The van der Waals surface area contributed by atoms with E-state index in [-0.39, 0.29) is 0 Å². The summed E-state index contributed by atoms with van der Waals surface area (Å²) < 4.78 is 0. The lowest BCUT2D eigenvalue weighted by molar-refractivity contribution is -0.135. The van der Waals surface area contributed by atoms with Crippen LogP contribution >= 0.6 is 11.8 Å². The van der Waals surface area contributed by atoms with Crippen molar-refractivity contribution in [3.8, 4) is 0 Å². The van der Waals surface area contributed by atoms with E-state index in [4.69, 9.17) is 0 Å². The fourth-order valence-corrected chi connectivity index (χ4v) is 3.73. The first-order valence-electron chi connectivity index (χ1n) is 6.35. The van der Waals surface area contributed by atoms with Crippen LogP contribution in [0.15, 0.2) is 0 Å². The SMILES string of the molecule is C[C@H]1CNCCN1C(=O)CC1CCSCC1. The maximum absolute atomic E-state index is 12.2. The summed E-state index contributed by atoms with van der Waals surface area (Å²) in [6, 6.07) is 0.374. The number of carbonyl (C=O) groups excluding carboxylic acids is 1. The van der Waals surface area contributed by atoms with Crippen molar-refractivity contribution in [3.05, 3.63) is 0 Å². The molecule has 2 heterocycles. The predicted octanol–water partition coefficient (Wildman–Crippen LogP) is 1.34. The lowest BCUT2D eigenvalue weighted by Gasteiger charge is -2.35. The molecule has 0 bridgehead atoms. The number of amides is 1. The number of piperazine rings is 1. The van der Waals surface area contributed by atoms with Crippen molar-refractivity contribution in [1.29, 1.82) is 0 Å². The third-order valence-corrected chi connectivity index (χ3v) is 4.67. The van der Waals surface area contributed by atoms with Gasteiger partial charge in [0.15, 0.2) is 0 Å². The minimum Gasteiger partial charge on any atom is -0.337 e. The molecule has 0 spiro atoms. The molecule has 1 amide bonds. The lowest BCUT2D eigenvalue weighted by atomic mass is 9.97. The predicted molar refractivity (Wildman–Crippen MR) is 68.7 cm³/mol. The van der Waals surface area contributed by atoms with Crippen molar-refractivity contribution in [2.24, 2.45) is 5.92 Å². The molecule has 1 atom stereocenters. The molecule has 0 unspecified atom stereocenters. The van der Waals surface area contributed by atoms with Crippen LogP contribution in [0.2, 0.25) is 0 Å². The van der Waals surface area contributed by atoms with Gasteiger partial charge in [0.05, 0.1) is 0 Å². The summed E-state index contributed by atoms with van der Waals surface area (Å²) in [4.78, 5) is 14.2. The standard InChI is InChI=1S/C12H22N2OS/c1-10-9-13-4-5-14(10)12(15)8-11-2-6-16-7-3-11/h10-11,13H,2-9H2,1H3/t10-/m0/s1. The molecule has 0 aromatic carbocycles. The van der Waals surface area contributed by atoms with E-state index in [1.165, 1.54) is 24.3 Å². The highest BCUT2D eigenvalue weighted by atomic mass is 32.2. The van der Waals surface area contributed by atoms with Crippen molar-refractivity contribution >= 4 is 17.7 Å². The smallest absolute Gasteiger partial charge is 0.223 e. The Morgan fingerprint density at radius 3 is 2.88 bits per heavy atom. The average Bonchev–Trinajstić information content (AvgIpc) is 2.31. The van der Waals surface area contributed by atoms with Crippen LogP contribution < -0.4 is 5.32 Å². The highest BCUT2D eigenvalue weighted by Crippen LogP contribution is 2.26. The van der Waals surface area contributed by atoms with E-state index < -0.39 is 0 Å². The third-order valence-electron chi connectivity index (χ3n) is 3.63. The second-order valence-corrected chi connectivity index (χ2v) is 6.12. The van der Waals surface area contributed by atoms with E-state index in [0.717, 1.165) is 26.1 Å². The summed E-state index contributed by atoms with van der Waals surface area (Å²) in [5.41, 5.74) is 0. The molecular formula is C12H22N2OS. The van der Waals surface area contributed by atoms with Gasteiger partial charge in [-0.3, -0.25) is 4.79 Å². The first-order chi connectivity index (χ1) is 7.77. The Hall–Kier alpha value is -0.220. The van der Waals surface area contributed by atoms with Gasteiger partial charge in [-0.05, 0) is 37.2 Å². The summed E-state index contributed by atoms with van der Waals surface area (Å²) >= 11 is 2.03. The normalized spacial score (nSPS) is 28.1. The van der Waals surface area contributed by atoms with Gasteiger partial charge in [-0.15, -0.1) is 0 Å². The van der Waals surface area contributed by atoms with Gasteiger partial charge in [-0.2, -0.15) is 11.8 Å². The van der Waals surface area contributed by atoms with Crippen LogP contribution in [0.5, 0.6) is 0 Å². The molecule has 16 heavy (non-hydrogen) atoms. The fourth-order valence-electron chi connectivity index (χ4n) is 2.53. The van der Waals surface area contributed by atoms with Crippen LogP contribution in [0, 0.1) is 5.92 Å². The first-order valence-corrected chi connectivity index (χ1v) is 7.51. The van der Waals surface area contributed by atoms with Gasteiger partial charge in [0.2, 0.25) is 5.91 Å². The average molecular weight is 242 g/mol. The molecule has 3 nitrogen and oxygen atoms in total. The van der Waals surface area contributed by atoms with Crippen LogP contribution in [0.4, 0.5) is 0 Å². The Kier molecular flexibility index (Phi) is 4.53. The van der Waals surface area contributed by atoms with E-state index in [0.29, 0.717) is 17.9 Å². The number of nitrogens with zero attached hydrogens (tertiary/aromatic N) is 1. The summed E-state index contributed by atoms with van der Waals surface area (Å²) in [6.07, 6.45) is 3.25. The molecular weight excluding hydrogens is 220 g/mol. The summed E-state index contributed by atoms with van der Waals surface area (Å²) in [5, 5.41) is 3.33. The zero-order chi connectivity index (χ0) is 11.4. The van der Waals surface area contributed by atoms with E-state index in [1.807, 2.05) is 11.8 Å². The van der Waals surface area contributed by atoms with Crippen molar-refractivity contribution in [1.82, 2.24) is 10.2 Å². The summed E-state index contributed by atoms with van der Waals surface area (Å²) in [7, 11) is 0. The second-order valence-electron chi connectivity index (χ2n) is 4.90. The molecule has 1 N–H and O–H groups in total. The monoisotopic (exact) mass is 242 g/mol. The molecule has 2 aliphatic heterocycles. The van der Waals surface area contributed by atoms with Crippen LogP contribution in [-0.4, -0.2) is 48.0 Å².